The van der Waals surface area contributed by atoms with Crippen LogP contribution in [0, 0.1) is 5.82 Å². The quantitative estimate of drug-likeness (QED) is 0.441. The van der Waals surface area contributed by atoms with Gasteiger partial charge in [-0.15, -0.1) is 0 Å². The van der Waals surface area contributed by atoms with Crippen molar-refractivity contribution in [1.82, 2.24) is 30.1 Å². The van der Waals surface area contributed by atoms with Gasteiger partial charge in [0.05, 0.1) is 18.0 Å². The molecule has 0 spiro atoms. The molecule has 5 aromatic heterocycles. The summed E-state index contributed by atoms with van der Waals surface area (Å²) >= 11 is 0. The molecule has 0 atom stereocenters. The van der Waals surface area contributed by atoms with Crippen LogP contribution in [0.3, 0.4) is 0 Å². The Bertz CT molecular complexity index is 1500. The number of furan rings is 1. The number of rotatable bonds is 3. The Labute approximate surface area is 168 Å². The summed E-state index contributed by atoms with van der Waals surface area (Å²) in [4.78, 5) is 16.6. The standard InChI is InChI=1S/C22H13FN6O/c23-16-9-14(12-2-1-5-24-10-12)8-15-19(16)28-29-20(15)22-26-17-3-6-25-18(21(17)27-22)13-4-7-30-11-13/h1-11H,(H,26,27)(H,28,29). The second-order valence-electron chi connectivity index (χ2n) is 6.85. The lowest BCUT2D eigenvalue weighted by atomic mass is 10.0. The van der Waals surface area contributed by atoms with E-state index in [1.54, 1.807) is 31.1 Å². The van der Waals surface area contributed by atoms with E-state index >= 15 is 0 Å². The number of aromatic nitrogens is 6. The summed E-state index contributed by atoms with van der Waals surface area (Å²) in [5, 5.41) is 7.72. The van der Waals surface area contributed by atoms with E-state index in [2.05, 4.69) is 25.1 Å². The Balaban J connectivity index is 1.56. The van der Waals surface area contributed by atoms with Gasteiger partial charge in [0.1, 0.15) is 22.4 Å². The van der Waals surface area contributed by atoms with Gasteiger partial charge in [-0.3, -0.25) is 15.1 Å². The fourth-order valence-electron chi connectivity index (χ4n) is 3.62. The van der Waals surface area contributed by atoms with E-state index in [4.69, 9.17) is 9.40 Å². The minimum absolute atomic E-state index is 0.256. The maximum Gasteiger partial charge on any atom is 0.157 e. The van der Waals surface area contributed by atoms with E-state index in [-0.39, 0.29) is 5.52 Å². The molecule has 0 fully saturated rings. The molecule has 0 amide bonds. The van der Waals surface area contributed by atoms with Crippen LogP contribution in [0.25, 0.3) is 55.8 Å². The van der Waals surface area contributed by atoms with Gasteiger partial charge in [-0.2, -0.15) is 5.10 Å². The van der Waals surface area contributed by atoms with Crippen molar-refractivity contribution in [2.24, 2.45) is 0 Å². The smallest absolute Gasteiger partial charge is 0.157 e. The molecule has 0 aliphatic rings. The van der Waals surface area contributed by atoms with Gasteiger partial charge in [0.15, 0.2) is 11.6 Å². The SMILES string of the molecule is Fc1cc(-c2cccnc2)cc2c(-c3nc4c(-c5ccoc5)nccc4[nH]3)[nH]nc12. The van der Waals surface area contributed by atoms with Crippen molar-refractivity contribution in [2.75, 3.05) is 0 Å². The van der Waals surface area contributed by atoms with Crippen LogP contribution in [0.15, 0.2) is 71.9 Å². The highest BCUT2D eigenvalue weighted by Gasteiger charge is 2.18. The molecule has 0 unspecified atom stereocenters. The van der Waals surface area contributed by atoms with Crippen LogP contribution in [0.2, 0.25) is 0 Å². The minimum Gasteiger partial charge on any atom is -0.472 e. The second kappa shape index (κ2) is 6.35. The molecule has 1 aromatic carbocycles. The van der Waals surface area contributed by atoms with Crippen molar-refractivity contribution in [3.05, 3.63) is 73.3 Å². The summed E-state index contributed by atoms with van der Waals surface area (Å²) < 4.78 is 19.9. The number of fused-ring (bicyclic) bond motifs is 2. The molecule has 5 heterocycles. The van der Waals surface area contributed by atoms with Crippen molar-refractivity contribution < 1.29 is 8.81 Å². The monoisotopic (exact) mass is 396 g/mol. The molecule has 6 rings (SSSR count). The third-order valence-corrected chi connectivity index (χ3v) is 5.04. The van der Waals surface area contributed by atoms with Gasteiger partial charge in [0.25, 0.3) is 0 Å². The molecule has 30 heavy (non-hydrogen) atoms. The average molecular weight is 396 g/mol. The topological polar surface area (TPSA) is 96.3 Å². The highest BCUT2D eigenvalue weighted by molar-refractivity contribution is 5.97. The molecule has 0 aliphatic carbocycles. The number of aromatic amines is 2. The molecule has 144 valence electrons. The molecule has 0 bridgehead atoms. The van der Waals surface area contributed by atoms with Crippen molar-refractivity contribution in [1.29, 1.82) is 0 Å². The summed E-state index contributed by atoms with van der Waals surface area (Å²) in [6.45, 7) is 0. The van der Waals surface area contributed by atoms with Gasteiger partial charge in [0.2, 0.25) is 0 Å². The largest absolute Gasteiger partial charge is 0.472 e. The predicted octanol–water partition coefficient (Wildman–Crippen LogP) is 4.96. The Morgan fingerprint density at radius 1 is 0.967 bits per heavy atom. The number of H-pyrrole nitrogens is 2. The number of imidazole rings is 1. The molecule has 0 saturated heterocycles. The first-order chi connectivity index (χ1) is 14.8. The Hall–Kier alpha value is -4.33. The zero-order valence-corrected chi connectivity index (χ0v) is 15.4. The van der Waals surface area contributed by atoms with Crippen LogP contribution < -0.4 is 0 Å². The molecule has 8 heteroatoms. The lowest BCUT2D eigenvalue weighted by Crippen LogP contribution is -1.85. The average Bonchev–Trinajstić information content (AvgIpc) is 3.52. The third kappa shape index (κ3) is 2.51. The fourth-order valence-corrected chi connectivity index (χ4v) is 3.62. The first-order valence-corrected chi connectivity index (χ1v) is 9.23. The number of hydrogen-bond donors (Lipinski definition) is 2. The van der Waals surface area contributed by atoms with Crippen LogP contribution in [0.5, 0.6) is 0 Å². The molecular weight excluding hydrogens is 383 g/mol. The second-order valence-corrected chi connectivity index (χ2v) is 6.85. The lowest BCUT2D eigenvalue weighted by Gasteiger charge is -2.02. The summed E-state index contributed by atoms with van der Waals surface area (Å²) in [5.74, 6) is 0.138. The van der Waals surface area contributed by atoms with Gasteiger partial charge >= 0.3 is 0 Å². The number of benzene rings is 1. The van der Waals surface area contributed by atoms with E-state index in [0.717, 1.165) is 16.6 Å². The minimum atomic E-state index is -0.411. The molecule has 0 saturated carbocycles. The Kier molecular flexibility index (Phi) is 3.51. The van der Waals surface area contributed by atoms with Crippen LogP contribution in [-0.2, 0) is 0 Å². The molecule has 0 radical (unpaired) electrons. The van der Waals surface area contributed by atoms with E-state index in [1.807, 2.05) is 30.3 Å². The van der Waals surface area contributed by atoms with Crippen LogP contribution in [0.1, 0.15) is 0 Å². The molecule has 0 aliphatic heterocycles. The van der Waals surface area contributed by atoms with E-state index in [1.165, 1.54) is 6.07 Å². The number of halogens is 1. The zero-order chi connectivity index (χ0) is 20.1. The Morgan fingerprint density at radius 2 is 1.93 bits per heavy atom. The van der Waals surface area contributed by atoms with Crippen molar-refractivity contribution in [3.8, 4) is 33.9 Å². The van der Waals surface area contributed by atoms with Crippen molar-refractivity contribution in [3.63, 3.8) is 0 Å². The molecule has 7 nitrogen and oxygen atoms in total. The van der Waals surface area contributed by atoms with Gasteiger partial charge in [-0.25, -0.2) is 9.37 Å². The van der Waals surface area contributed by atoms with Gasteiger partial charge in [-0.05, 0) is 35.9 Å². The highest BCUT2D eigenvalue weighted by atomic mass is 19.1. The summed E-state index contributed by atoms with van der Waals surface area (Å²) in [7, 11) is 0. The van der Waals surface area contributed by atoms with E-state index in [9.17, 15) is 4.39 Å². The first kappa shape index (κ1) is 16.6. The first-order valence-electron chi connectivity index (χ1n) is 9.23. The maximum atomic E-state index is 14.8. The van der Waals surface area contributed by atoms with E-state index in [0.29, 0.717) is 33.7 Å². The van der Waals surface area contributed by atoms with Crippen LogP contribution in [0.4, 0.5) is 4.39 Å². The van der Waals surface area contributed by atoms with Crippen molar-refractivity contribution >= 4 is 21.9 Å². The van der Waals surface area contributed by atoms with Crippen LogP contribution >= 0.6 is 0 Å². The highest BCUT2D eigenvalue weighted by Crippen LogP contribution is 2.33. The summed E-state index contributed by atoms with van der Waals surface area (Å²) in [6.07, 6.45) is 8.30. The summed E-state index contributed by atoms with van der Waals surface area (Å²) in [5.41, 5.74) is 5.43. The number of hydrogen-bond acceptors (Lipinski definition) is 5. The van der Waals surface area contributed by atoms with Gasteiger partial charge in [-0.1, -0.05) is 6.07 Å². The van der Waals surface area contributed by atoms with Gasteiger partial charge in [0, 0.05) is 35.1 Å². The van der Waals surface area contributed by atoms with E-state index < -0.39 is 5.82 Å². The van der Waals surface area contributed by atoms with Crippen molar-refractivity contribution in [2.45, 2.75) is 0 Å². The predicted molar refractivity (Wildman–Crippen MR) is 110 cm³/mol. The Morgan fingerprint density at radius 3 is 2.77 bits per heavy atom. The van der Waals surface area contributed by atoms with Crippen LogP contribution in [-0.4, -0.2) is 30.1 Å². The number of pyridine rings is 2. The maximum absolute atomic E-state index is 14.8. The van der Waals surface area contributed by atoms with Gasteiger partial charge < -0.3 is 9.40 Å². The molecule has 6 aromatic rings. The molecule has 2 N–H and O–H groups in total. The third-order valence-electron chi connectivity index (χ3n) is 5.04. The molecular formula is C22H13FN6O. The fraction of sp³-hybridized carbons (Fsp3) is 0. The normalized spacial score (nSPS) is 11.5. The number of nitrogens with zero attached hydrogens (tertiary/aromatic N) is 4. The number of nitrogens with one attached hydrogen (secondary N) is 2. The lowest BCUT2D eigenvalue weighted by molar-refractivity contribution is 0.568. The summed E-state index contributed by atoms with van der Waals surface area (Å²) in [6, 6.07) is 10.7. The zero-order valence-electron chi connectivity index (χ0n) is 15.4.